The number of hydrogen-bond donors (Lipinski definition) is 1. The number of amides is 1. The number of nitrogens with one attached hydrogen (secondary N) is 1. The normalized spacial score (nSPS) is 12.9. The van der Waals surface area contributed by atoms with Gasteiger partial charge < -0.3 is 19.2 Å². The molecule has 0 aliphatic carbocycles. The zero-order chi connectivity index (χ0) is 21.3. The molecule has 0 saturated carbocycles. The van der Waals surface area contributed by atoms with Crippen molar-refractivity contribution in [3.8, 4) is 23.0 Å². The molecule has 3 aromatic rings. The molecule has 0 radical (unpaired) electrons. The first-order valence-electron chi connectivity index (χ1n) is 8.88. The lowest BCUT2D eigenvalue weighted by Gasteiger charge is -2.11. The van der Waals surface area contributed by atoms with Gasteiger partial charge in [-0.25, -0.2) is 12.7 Å². The van der Waals surface area contributed by atoms with Gasteiger partial charge in [-0.3, -0.25) is 4.79 Å². The van der Waals surface area contributed by atoms with Crippen molar-refractivity contribution in [2.45, 2.75) is 11.4 Å². The van der Waals surface area contributed by atoms with Crippen LogP contribution in [0, 0.1) is 0 Å². The second-order valence-electron chi connectivity index (χ2n) is 6.59. The van der Waals surface area contributed by atoms with Crippen molar-refractivity contribution in [3.05, 3.63) is 53.9 Å². The minimum absolute atomic E-state index is 0.108. The van der Waals surface area contributed by atoms with Crippen LogP contribution in [0.3, 0.4) is 0 Å². The van der Waals surface area contributed by atoms with Gasteiger partial charge in [0.25, 0.3) is 0 Å². The van der Waals surface area contributed by atoms with Crippen molar-refractivity contribution < 1.29 is 27.1 Å². The predicted molar refractivity (Wildman–Crippen MR) is 104 cm³/mol. The van der Waals surface area contributed by atoms with Crippen LogP contribution in [0.2, 0.25) is 0 Å². The zero-order valence-electron chi connectivity index (χ0n) is 16.2. The van der Waals surface area contributed by atoms with E-state index in [0.717, 1.165) is 9.87 Å². The Morgan fingerprint density at radius 1 is 1.07 bits per heavy atom. The summed E-state index contributed by atoms with van der Waals surface area (Å²) in [5.41, 5.74) is 1.32. The van der Waals surface area contributed by atoms with Gasteiger partial charge >= 0.3 is 11.8 Å². The van der Waals surface area contributed by atoms with E-state index in [4.69, 9.17) is 13.9 Å². The van der Waals surface area contributed by atoms with Crippen LogP contribution in [0.25, 0.3) is 11.5 Å². The Balaban J connectivity index is 1.43. The molecular formula is C19H18N4O6S. The van der Waals surface area contributed by atoms with Crippen LogP contribution in [0.15, 0.2) is 51.8 Å². The number of benzene rings is 2. The number of sulfonamides is 1. The molecule has 11 heteroatoms. The lowest BCUT2D eigenvalue weighted by molar-refractivity contribution is 0.0916. The molecule has 30 heavy (non-hydrogen) atoms. The van der Waals surface area contributed by atoms with Gasteiger partial charge in [0.15, 0.2) is 11.5 Å². The van der Waals surface area contributed by atoms with E-state index in [1.165, 1.54) is 38.4 Å². The van der Waals surface area contributed by atoms with E-state index in [1.807, 2.05) is 6.07 Å². The summed E-state index contributed by atoms with van der Waals surface area (Å²) in [7, 11) is -0.628. The summed E-state index contributed by atoms with van der Waals surface area (Å²) in [6.07, 6.45) is 0. The Bertz CT molecular complexity index is 1190. The van der Waals surface area contributed by atoms with Crippen LogP contribution >= 0.6 is 0 Å². The number of aromatic nitrogens is 2. The number of carbonyl (C=O) groups excluding carboxylic acids is 1. The van der Waals surface area contributed by atoms with Crippen molar-refractivity contribution in [2.75, 3.05) is 20.9 Å². The molecule has 0 spiro atoms. The quantitative estimate of drug-likeness (QED) is 0.626. The molecule has 10 nitrogen and oxygen atoms in total. The number of ether oxygens (including phenoxy) is 2. The number of rotatable bonds is 6. The first-order chi connectivity index (χ1) is 14.3. The highest BCUT2D eigenvalue weighted by atomic mass is 32.2. The van der Waals surface area contributed by atoms with Crippen molar-refractivity contribution in [3.63, 3.8) is 0 Å². The molecule has 1 aromatic heterocycles. The van der Waals surface area contributed by atoms with Gasteiger partial charge in [-0.05, 0) is 42.0 Å². The largest absolute Gasteiger partial charge is 0.454 e. The Morgan fingerprint density at radius 2 is 1.80 bits per heavy atom. The van der Waals surface area contributed by atoms with Crippen LogP contribution in [0.5, 0.6) is 11.5 Å². The number of carbonyl (C=O) groups is 1. The SMILES string of the molecule is CN(C)S(=O)(=O)c1ccc(-c2nnc(C(=O)NCc3ccc4c(c3)OCO4)o2)cc1. The predicted octanol–water partition coefficient (Wildman–Crippen LogP) is 1.65. The Morgan fingerprint density at radius 3 is 2.53 bits per heavy atom. The summed E-state index contributed by atoms with van der Waals surface area (Å²) in [5.74, 6) is 0.670. The minimum atomic E-state index is -3.54. The third-order valence-corrected chi connectivity index (χ3v) is 6.22. The van der Waals surface area contributed by atoms with Crippen LogP contribution in [0.4, 0.5) is 0 Å². The Labute approximate surface area is 172 Å². The molecule has 2 aromatic carbocycles. The molecule has 0 unspecified atom stereocenters. The number of fused-ring (bicyclic) bond motifs is 1. The lowest BCUT2D eigenvalue weighted by Crippen LogP contribution is -2.23. The van der Waals surface area contributed by atoms with Crippen molar-refractivity contribution in [1.29, 1.82) is 0 Å². The zero-order valence-corrected chi connectivity index (χ0v) is 17.0. The van der Waals surface area contributed by atoms with Gasteiger partial charge in [0, 0.05) is 26.2 Å². The summed E-state index contributed by atoms with van der Waals surface area (Å²) in [6, 6.07) is 11.3. The Hall–Kier alpha value is -3.44. The molecular weight excluding hydrogens is 412 g/mol. The van der Waals surface area contributed by atoms with Gasteiger partial charge in [-0.2, -0.15) is 0 Å². The standard InChI is InChI=1S/C19H18N4O6S/c1-23(2)30(25,26)14-6-4-13(5-7-14)18-21-22-19(29-18)17(24)20-10-12-3-8-15-16(9-12)28-11-27-15/h3-9H,10-11H2,1-2H3,(H,20,24). The Kier molecular flexibility index (Phi) is 5.14. The van der Waals surface area contributed by atoms with Crippen molar-refractivity contribution in [2.24, 2.45) is 0 Å². The molecule has 0 saturated heterocycles. The highest BCUT2D eigenvalue weighted by Crippen LogP contribution is 2.32. The molecule has 156 valence electrons. The van der Waals surface area contributed by atoms with E-state index in [2.05, 4.69) is 15.5 Å². The van der Waals surface area contributed by atoms with Gasteiger partial charge in [0.05, 0.1) is 4.90 Å². The van der Waals surface area contributed by atoms with E-state index in [0.29, 0.717) is 17.1 Å². The average Bonchev–Trinajstić information content (AvgIpc) is 3.41. The minimum Gasteiger partial charge on any atom is -0.454 e. The van der Waals surface area contributed by atoms with E-state index < -0.39 is 15.9 Å². The highest BCUT2D eigenvalue weighted by molar-refractivity contribution is 7.89. The summed E-state index contributed by atoms with van der Waals surface area (Å²) in [6.45, 7) is 0.419. The fourth-order valence-electron chi connectivity index (χ4n) is 2.72. The first-order valence-corrected chi connectivity index (χ1v) is 10.3. The van der Waals surface area contributed by atoms with Gasteiger partial charge in [0.2, 0.25) is 22.7 Å². The second kappa shape index (κ2) is 7.76. The fraction of sp³-hybridized carbons (Fsp3) is 0.211. The molecule has 1 amide bonds. The van der Waals surface area contributed by atoms with Crippen LogP contribution in [0.1, 0.15) is 16.2 Å². The van der Waals surface area contributed by atoms with Gasteiger partial charge in [0.1, 0.15) is 0 Å². The summed E-state index contributed by atoms with van der Waals surface area (Å²) >= 11 is 0. The number of hydrogen-bond acceptors (Lipinski definition) is 8. The molecule has 2 heterocycles. The summed E-state index contributed by atoms with van der Waals surface area (Å²) in [5, 5.41) is 10.3. The monoisotopic (exact) mass is 430 g/mol. The molecule has 1 N–H and O–H groups in total. The smallest absolute Gasteiger partial charge is 0.309 e. The average molecular weight is 430 g/mol. The molecule has 0 atom stereocenters. The van der Waals surface area contributed by atoms with E-state index in [9.17, 15) is 13.2 Å². The fourth-order valence-corrected chi connectivity index (χ4v) is 3.62. The number of nitrogens with zero attached hydrogens (tertiary/aromatic N) is 3. The third-order valence-electron chi connectivity index (χ3n) is 4.39. The first kappa shape index (κ1) is 19.9. The maximum Gasteiger partial charge on any atom is 0.309 e. The maximum atomic E-state index is 12.3. The van der Waals surface area contributed by atoms with Crippen molar-refractivity contribution >= 4 is 15.9 Å². The van der Waals surface area contributed by atoms with Crippen LogP contribution in [-0.2, 0) is 16.6 Å². The van der Waals surface area contributed by atoms with E-state index in [1.54, 1.807) is 12.1 Å². The van der Waals surface area contributed by atoms with E-state index >= 15 is 0 Å². The summed E-state index contributed by atoms with van der Waals surface area (Å²) in [4.78, 5) is 12.4. The summed E-state index contributed by atoms with van der Waals surface area (Å²) < 4.78 is 41.4. The van der Waals surface area contributed by atoms with Gasteiger partial charge in [-0.1, -0.05) is 6.07 Å². The van der Waals surface area contributed by atoms with E-state index in [-0.39, 0.29) is 30.0 Å². The molecule has 0 fully saturated rings. The van der Waals surface area contributed by atoms with Crippen LogP contribution < -0.4 is 14.8 Å². The molecule has 0 bridgehead atoms. The topological polar surface area (TPSA) is 124 Å². The lowest BCUT2D eigenvalue weighted by atomic mass is 10.2. The van der Waals surface area contributed by atoms with Gasteiger partial charge in [-0.15, -0.1) is 10.2 Å². The third kappa shape index (κ3) is 3.84. The second-order valence-corrected chi connectivity index (χ2v) is 8.75. The molecule has 1 aliphatic heterocycles. The highest BCUT2D eigenvalue weighted by Gasteiger charge is 2.19. The molecule has 1 aliphatic rings. The van der Waals surface area contributed by atoms with Crippen LogP contribution in [-0.4, -0.2) is 49.7 Å². The van der Waals surface area contributed by atoms with Crippen molar-refractivity contribution in [1.82, 2.24) is 19.8 Å². The molecule has 4 rings (SSSR count). The maximum absolute atomic E-state index is 12.3.